The Morgan fingerprint density at radius 1 is 1.14 bits per heavy atom. The van der Waals surface area contributed by atoms with Gasteiger partial charge in [-0.1, -0.05) is 0 Å². The molecule has 0 bridgehead atoms. The molecule has 2 N–H and O–H groups in total. The van der Waals surface area contributed by atoms with Gasteiger partial charge in [0.1, 0.15) is 12.3 Å². The van der Waals surface area contributed by atoms with Crippen molar-refractivity contribution >= 4 is 12.7 Å². The van der Waals surface area contributed by atoms with Crippen molar-refractivity contribution in [2.24, 2.45) is 0 Å². The van der Waals surface area contributed by atoms with Crippen LogP contribution in [0.4, 0.5) is 4.39 Å². The summed E-state index contributed by atoms with van der Waals surface area (Å²) in [6.07, 6.45) is 0. The van der Waals surface area contributed by atoms with Gasteiger partial charge in [-0.25, -0.2) is 4.39 Å². The van der Waals surface area contributed by atoms with Gasteiger partial charge in [-0.3, -0.25) is 0 Å². The van der Waals surface area contributed by atoms with Crippen LogP contribution in [0.25, 0.3) is 5.57 Å². The van der Waals surface area contributed by atoms with Gasteiger partial charge in [0.05, 0.1) is 11.2 Å². The first-order valence-corrected chi connectivity index (χ1v) is 7.06. The Hall–Kier alpha value is -1.73. The van der Waals surface area contributed by atoms with Crippen molar-refractivity contribution in [2.45, 2.75) is 38.9 Å². The summed E-state index contributed by atoms with van der Waals surface area (Å²) in [5, 5.41) is 19.2. The van der Waals surface area contributed by atoms with Crippen LogP contribution in [-0.2, 0) is 9.31 Å². The summed E-state index contributed by atoms with van der Waals surface area (Å²) in [5.74, 6) is -0.632. The Bertz CT molecular complexity index is 652. The molecule has 2 aliphatic heterocycles. The molecular weight excluding hydrogens is 290 g/mol. The van der Waals surface area contributed by atoms with Gasteiger partial charge in [0.25, 0.3) is 0 Å². The fourth-order valence-electron chi connectivity index (χ4n) is 2.45. The predicted octanol–water partition coefficient (Wildman–Crippen LogP) is 2.80. The fourth-order valence-corrected chi connectivity index (χ4v) is 2.45. The molecule has 1 aromatic carbocycles. The Kier molecular flexibility index (Phi) is 3.20. The number of aromatic hydroxyl groups is 2. The zero-order valence-electron chi connectivity index (χ0n) is 12.9. The number of hydrogen-bond acceptors (Lipinski definition) is 5. The third kappa shape index (κ3) is 2.07. The molecule has 0 unspecified atom stereocenters. The lowest BCUT2D eigenvalue weighted by atomic mass is 9.83. The minimum absolute atomic E-state index is 0.0533. The van der Waals surface area contributed by atoms with Crippen molar-refractivity contribution in [3.8, 4) is 17.2 Å². The maximum absolute atomic E-state index is 14.8. The van der Waals surface area contributed by atoms with Crippen molar-refractivity contribution in [3.63, 3.8) is 0 Å². The summed E-state index contributed by atoms with van der Waals surface area (Å²) in [6.45, 7) is 7.31. The second-order valence-corrected chi connectivity index (χ2v) is 6.51. The second kappa shape index (κ2) is 4.63. The lowest BCUT2D eigenvalue weighted by Gasteiger charge is -2.32. The van der Waals surface area contributed by atoms with Crippen LogP contribution in [0.1, 0.15) is 33.3 Å². The fraction of sp³-hybridized carbons (Fsp3) is 0.467. The SMILES string of the molecule is CC1(C)OB(C(F)=C2COc3c2ccc(O)c3O)OC1(C)C. The lowest BCUT2D eigenvalue weighted by Crippen LogP contribution is -2.41. The summed E-state index contributed by atoms with van der Waals surface area (Å²) in [7, 11) is -1.12. The average molecular weight is 308 g/mol. The van der Waals surface area contributed by atoms with Crippen LogP contribution in [0.2, 0.25) is 0 Å². The Labute approximate surface area is 128 Å². The number of phenols is 2. The predicted molar refractivity (Wildman–Crippen MR) is 79.4 cm³/mol. The summed E-state index contributed by atoms with van der Waals surface area (Å²) >= 11 is 0. The van der Waals surface area contributed by atoms with E-state index in [0.29, 0.717) is 5.56 Å². The molecular formula is C15H18BFO5. The third-order valence-corrected chi connectivity index (χ3v) is 4.54. The third-order valence-electron chi connectivity index (χ3n) is 4.54. The summed E-state index contributed by atoms with van der Waals surface area (Å²) in [6, 6.07) is 2.79. The van der Waals surface area contributed by atoms with E-state index in [-0.39, 0.29) is 23.7 Å². The number of phenolic OH excluding ortho intramolecular Hbond substituents is 2. The van der Waals surface area contributed by atoms with E-state index in [4.69, 9.17) is 14.0 Å². The lowest BCUT2D eigenvalue weighted by molar-refractivity contribution is 0.00578. The van der Waals surface area contributed by atoms with Crippen molar-refractivity contribution < 1.29 is 28.6 Å². The molecule has 0 radical (unpaired) electrons. The molecule has 2 aliphatic rings. The maximum Gasteiger partial charge on any atom is 0.525 e. The molecule has 118 valence electrons. The monoisotopic (exact) mass is 308 g/mol. The summed E-state index contributed by atoms with van der Waals surface area (Å²) in [4.78, 5) is 0. The van der Waals surface area contributed by atoms with Crippen molar-refractivity contribution in [1.82, 2.24) is 0 Å². The number of halogens is 1. The number of rotatable bonds is 1. The van der Waals surface area contributed by atoms with Crippen molar-refractivity contribution in [3.05, 3.63) is 23.4 Å². The molecule has 0 spiro atoms. The van der Waals surface area contributed by atoms with E-state index in [1.165, 1.54) is 12.1 Å². The van der Waals surface area contributed by atoms with Gasteiger partial charge in [-0.2, -0.15) is 0 Å². The summed E-state index contributed by atoms with van der Waals surface area (Å²) < 4.78 is 31.5. The van der Waals surface area contributed by atoms with Gasteiger partial charge in [-0.05, 0) is 39.8 Å². The van der Waals surface area contributed by atoms with E-state index in [0.717, 1.165) is 0 Å². The molecule has 22 heavy (non-hydrogen) atoms. The smallest absolute Gasteiger partial charge is 0.504 e. The van der Waals surface area contributed by atoms with Gasteiger partial charge < -0.3 is 24.3 Å². The highest BCUT2D eigenvalue weighted by Gasteiger charge is 2.54. The van der Waals surface area contributed by atoms with Gasteiger partial charge in [0.15, 0.2) is 11.5 Å². The van der Waals surface area contributed by atoms with Crippen LogP contribution < -0.4 is 4.74 Å². The molecule has 7 heteroatoms. The number of fused-ring (bicyclic) bond motifs is 1. The molecule has 0 aromatic heterocycles. The van der Waals surface area contributed by atoms with Crippen LogP contribution >= 0.6 is 0 Å². The molecule has 1 fully saturated rings. The maximum atomic E-state index is 14.8. The van der Waals surface area contributed by atoms with Crippen LogP contribution in [0.3, 0.4) is 0 Å². The molecule has 0 atom stereocenters. The van der Waals surface area contributed by atoms with Crippen molar-refractivity contribution in [1.29, 1.82) is 0 Å². The zero-order valence-corrected chi connectivity index (χ0v) is 12.9. The molecule has 3 rings (SSSR count). The molecule has 1 aromatic rings. The van der Waals surface area contributed by atoms with Crippen molar-refractivity contribution in [2.75, 3.05) is 6.61 Å². The molecule has 1 saturated heterocycles. The van der Waals surface area contributed by atoms with Crippen LogP contribution in [0.5, 0.6) is 17.2 Å². The van der Waals surface area contributed by atoms with Gasteiger partial charge in [0, 0.05) is 11.1 Å². The minimum atomic E-state index is -1.12. The standard InChI is InChI=1S/C15H18BFO5/c1-14(2)15(3,4)22-16(21-14)13(17)9-7-20-12-8(9)5-6-10(18)11(12)19/h5-6,18-19H,7H2,1-4H3. The Morgan fingerprint density at radius 3 is 2.32 bits per heavy atom. The van der Waals surface area contributed by atoms with E-state index in [1.54, 1.807) is 0 Å². The van der Waals surface area contributed by atoms with Gasteiger partial charge >= 0.3 is 7.12 Å². The van der Waals surface area contributed by atoms with Gasteiger partial charge in [0.2, 0.25) is 5.75 Å². The Balaban J connectivity index is 2.00. The first-order valence-electron chi connectivity index (χ1n) is 7.06. The highest BCUT2D eigenvalue weighted by atomic mass is 19.1. The molecule has 0 saturated carbocycles. The van der Waals surface area contributed by atoms with E-state index in [1.807, 2.05) is 27.7 Å². The van der Waals surface area contributed by atoms with E-state index in [2.05, 4.69) is 0 Å². The largest absolute Gasteiger partial charge is 0.525 e. The molecule has 5 nitrogen and oxygen atoms in total. The number of benzene rings is 1. The zero-order chi connectivity index (χ0) is 16.3. The topological polar surface area (TPSA) is 68.2 Å². The van der Waals surface area contributed by atoms with Gasteiger partial charge in [-0.15, -0.1) is 0 Å². The second-order valence-electron chi connectivity index (χ2n) is 6.51. The number of ether oxygens (including phenoxy) is 1. The normalized spacial score (nSPS) is 24.1. The highest BCUT2D eigenvalue weighted by molar-refractivity contribution is 6.55. The van der Waals surface area contributed by atoms with E-state index >= 15 is 0 Å². The highest BCUT2D eigenvalue weighted by Crippen LogP contribution is 2.47. The Morgan fingerprint density at radius 2 is 1.73 bits per heavy atom. The van der Waals surface area contributed by atoms with E-state index in [9.17, 15) is 14.6 Å². The first kappa shape index (κ1) is 15.2. The average Bonchev–Trinajstić information content (AvgIpc) is 2.93. The van der Waals surface area contributed by atoms with Crippen LogP contribution in [-0.4, -0.2) is 35.1 Å². The summed E-state index contributed by atoms with van der Waals surface area (Å²) in [5.41, 5.74) is -1.22. The van der Waals surface area contributed by atoms with Crippen LogP contribution in [0, 0.1) is 0 Å². The minimum Gasteiger partial charge on any atom is -0.504 e. The number of hydrogen-bond donors (Lipinski definition) is 2. The molecule has 0 aliphatic carbocycles. The van der Waals surface area contributed by atoms with Crippen LogP contribution in [0.15, 0.2) is 17.9 Å². The quantitative estimate of drug-likeness (QED) is 0.617. The molecule has 2 heterocycles. The first-order chi connectivity index (χ1) is 10.1. The molecule has 0 amide bonds. The van der Waals surface area contributed by atoms with E-state index < -0.39 is 29.8 Å².